The quantitative estimate of drug-likeness (QED) is 0.0550. The minimum Gasteiger partial charge on any atom is -0.543 e. The number of carbonyl (C=O) groups excluding carboxylic acids is 7. The number of carbonyl (C=O) groups is 7. The maximum Gasteiger partial charge on any atom is 1.00 e. The average molecular weight is 787 g/mol. The summed E-state index contributed by atoms with van der Waals surface area (Å²) >= 11 is 0. The summed E-state index contributed by atoms with van der Waals surface area (Å²) in [4.78, 5) is 84.1. The van der Waals surface area contributed by atoms with E-state index in [1.807, 2.05) is 0 Å². The molecule has 2 saturated heterocycles. The van der Waals surface area contributed by atoms with Crippen LogP contribution in [0, 0.1) is 11.8 Å². The van der Waals surface area contributed by atoms with Gasteiger partial charge in [0.1, 0.15) is 18.9 Å². The number of aliphatic hydroxyl groups is 2. The van der Waals surface area contributed by atoms with E-state index in [4.69, 9.17) is 25.7 Å². The summed E-state index contributed by atoms with van der Waals surface area (Å²) < 4.78 is 19.2. The minimum absolute atomic E-state index is 0. The second-order valence-corrected chi connectivity index (χ2v) is 13.2. The third-order valence-electron chi connectivity index (χ3n) is 9.61. The van der Waals surface area contributed by atoms with Crippen molar-refractivity contribution >= 4 is 53.1 Å². The molecule has 292 valence electrons. The zero-order chi connectivity index (χ0) is 40.3. The summed E-state index contributed by atoms with van der Waals surface area (Å²) in [7, 11) is 0. The van der Waals surface area contributed by atoms with E-state index in [0.717, 1.165) is 0 Å². The Morgan fingerprint density at radius 1 is 0.750 bits per heavy atom. The predicted octanol–water partition coefficient (Wildman–Crippen LogP) is -2.97. The molecule has 4 heterocycles. The van der Waals surface area contributed by atoms with Gasteiger partial charge in [0.2, 0.25) is 18.6 Å². The molecule has 19 heteroatoms. The largest absolute Gasteiger partial charge is 1.00 e. The SMILES string of the molecule is CC(=O)OCOC(=O)C1=C(c2cccc(COC(N)=O)c2)C[C@@H]2[C@@H]([C@@H](C)O)C(=O)N12.C[C@@H](O)[C@H]1C(=O)N2C(C(=O)[O-])=C(c3cccc(COC(N)=O)c3)C[C@H]12.[Na+]. The fraction of sp³-hybridized carbons (Fsp3) is 0.378. The van der Waals surface area contributed by atoms with Gasteiger partial charge in [-0.2, -0.15) is 0 Å². The van der Waals surface area contributed by atoms with Crippen LogP contribution in [0.5, 0.6) is 0 Å². The maximum atomic E-state index is 12.7. The fourth-order valence-corrected chi connectivity index (χ4v) is 7.27. The van der Waals surface area contributed by atoms with Gasteiger partial charge in [0, 0.05) is 6.92 Å². The molecule has 0 bridgehead atoms. The number of hydrogen-bond acceptors (Lipinski definition) is 14. The van der Waals surface area contributed by atoms with Gasteiger partial charge in [-0.05, 0) is 72.2 Å². The van der Waals surface area contributed by atoms with Gasteiger partial charge in [-0.1, -0.05) is 36.4 Å². The fourth-order valence-electron chi connectivity index (χ4n) is 7.27. The molecule has 0 unspecified atom stereocenters. The topological polar surface area (TPSA) is 278 Å². The van der Waals surface area contributed by atoms with Crippen LogP contribution < -0.4 is 46.1 Å². The van der Waals surface area contributed by atoms with Crippen molar-refractivity contribution in [1.29, 1.82) is 0 Å². The molecule has 2 aromatic rings. The van der Waals surface area contributed by atoms with E-state index in [1.54, 1.807) is 48.5 Å². The van der Waals surface area contributed by atoms with Crippen LogP contribution in [0.3, 0.4) is 0 Å². The molecule has 0 aliphatic carbocycles. The number of primary amides is 2. The van der Waals surface area contributed by atoms with Crippen LogP contribution in [0.2, 0.25) is 0 Å². The molecule has 4 aliphatic heterocycles. The number of aliphatic carboxylic acids is 1. The second kappa shape index (κ2) is 18.1. The molecule has 56 heavy (non-hydrogen) atoms. The molecule has 6 N–H and O–H groups in total. The van der Waals surface area contributed by atoms with E-state index < -0.39 is 66.8 Å². The van der Waals surface area contributed by atoms with E-state index in [9.17, 15) is 48.9 Å². The number of amides is 4. The Kier molecular flexibility index (Phi) is 14.1. The summed E-state index contributed by atoms with van der Waals surface area (Å²) in [6.45, 7) is 3.54. The first-order valence-electron chi connectivity index (χ1n) is 17.0. The molecule has 2 aromatic carbocycles. The molecule has 0 spiro atoms. The van der Waals surface area contributed by atoms with Crippen molar-refractivity contribution in [2.75, 3.05) is 6.79 Å². The van der Waals surface area contributed by atoms with Crippen LogP contribution in [0.1, 0.15) is 55.9 Å². The van der Waals surface area contributed by atoms with Gasteiger partial charge in [-0.15, -0.1) is 0 Å². The molecule has 6 rings (SSSR count). The molecule has 6 atom stereocenters. The Balaban J connectivity index is 0.000000248. The van der Waals surface area contributed by atoms with Gasteiger partial charge >= 0.3 is 53.7 Å². The number of nitrogens with two attached hydrogens (primary N) is 2. The summed E-state index contributed by atoms with van der Waals surface area (Å²) in [5.41, 5.74) is 13.3. The van der Waals surface area contributed by atoms with Crippen molar-refractivity contribution in [3.05, 3.63) is 82.2 Å². The van der Waals surface area contributed by atoms with Gasteiger partial charge < -0.3 is 60.3 Å². The van der Waals surface area contributed by atoms with E-state index in [2.05, 4.69) is 4.74 Å². The third-order valence-corrected chi connectivity index (χ3v) is 9.61. The Hall–Kier alpha value is -5.27. The van der Waals surface area contributed by atoms with Crippen molar-refractivity contribution in [1.82, 2.24) is 9.80 Å². The number of hydrogen-bond donors (Lipinski definition) is 4. The number of ether oxygens (including phenoxy) is 4. The van der Waals surface area contributed by atoms with Crippen LogP contribution in [-0.2, 0) is 56.1 Å². The number of β-lactam (4-membered cyclic amide) rings is 2. The van der Waals surface area contributed by atoms with Gasteiger partial charge in [0.15, 0.2) is 0 Å². The molecule has 0 radical (unpaired) electrons. The molecule has 4 amide bonds. The number of nitrogens with zero attached hydrogens (tertiary/aromatic N) is 2. The average Bonchev–Trinajstić information content (AvgIpc) is 3.64. The van der Waals surface area contributed by atoms with Gasteiger partial charge in [-0.3, -0.25) is 14.4 Å². The number of carboxylic acids is 1. The van der Waals surface area contributed by atoms with E-state index in [-0.39, 0.29) is 72.2 Å². The molecule has 0 aromatic heterocycles. The van der Waals surface area contributed by atoms with E-state index in [1.165, 1.54) is 30.6 Å². The first-order valence-corrected chi connectivity index (χ1v) is 17.0. The standard InChI is InChI=1S/C20H22N2O8.C17H18N2O6.Na/c1-10(23)16-15-7-14(13-5-3-4-12(6-13)8-28-20(21)27)17(22(15)18(16)25)19(26)30-9-29-11(2)24;1-8(20)13-12-6-11(14(16(22)23)19(12)15(13)21)10-4-2-3-9(5-10)7-25-17(18)24;/h3-6,10,15-16,23H,7-9H2,1-2H3,(H2,21,27);2-5,8,12-13,20H,6-7H2,1H3,(H2,18,24)(H,22,23);/q;;+1/p-1/t10-,15-,16-;8-,12-,13-;/m11./s1. The smallest absolute Gasteiger partial charge is 0.543 e. The zero-order valence-corrected chi connectivity index (χ0v) is 33.0. The molecule has 18 nitrogen and oxygen atoms in total. The Labute approximate surface area is 342 Å². The Morgan fingerprint density at radius 2 is 1.18 bits per heavy atom. The van der Waals surface area contributed by atoms with Crippen molar-refractivity contribution in [2.24, 2.45) is 23.3 Å². The molecular weight excluding hydrogens is 747 g/mol. The van der Waals surface area contributed by atoms with Crippen molar-refractivity contribution in [3.63, 3.8) is 0 Å². The van der Waals surface area contributed by atoms with Gasteiger partial charge in [0.05, 0.1) is 47.8 Å². The predicted molar refractivity (Wildman–Crippen MR) is 184 cm³/mol. The molecule has 2 fully saturated rings. The summed E-state index contributed by atoms with van der Waals surface area (Å²) in [5, 5.41) is 31.3. The maximum absolute atomic E-state index is 12.7. The van der Waals surface area contributed by atoms with E-state index in [0.29, 0.717) is 46.2 Å². The number of esters is 2. The molecule has 4 aliphatic rings. The normalized spacial score (nSPS) is 21.5. The number of benzene rings is 2. The molecular formula is C37H39N4NaO14. The first-order chi connectivity index (χ1) is 26.0. The van der Waals surface area contributed by atoms with Gasteiger partial charge in [0.25, 0.3) is 0 Å². The van der Waals surface area contributed by atoms with Crippen LogP contribution in [-0.4, -0.2) is 93.0 Å². The summed E-state index contributed by atoms with van der Waals surface area (Å²) in [6, 6.07) is 12.9. The summed E-state index contributed by atoms with van der Waals surface area (Å²) in [5.74, 6) is -4.90. The van der Waals surface area contributed by atoms with Gasteiger partial charge in [-0.25, -0.2) is 14.4 Å². The monoisotopic (exact) mass is 786 g/mol. The van der Waals surface area contributed by atoms with E-state index >= 15 is 0 Å². The van der Waals surface area contributed by atoms with Crippen LogP contribution in [0.15, 0.2) is 59.9 Å². The Bertz CT molecular complexity index is 2000. The number of rotatable bonds is 12. The van der Waals surface area contributed by atoms with Crippen LogP contribution in [0.25, 0.3) is 11.1 Å². The van der Waals surface area contributed by atoms with Crippen LogP contribution in [0.4, 0.5) is 9.59 Å². The first kappa shape index (κ1) is 43.5. The third kappa shape index (κ3) is 9.05. The Morgan fingerprint density at radius 3 is 1.57 bits per heavy atom. The summed E-state index contributed by atoms with van der Waals surface area (Å²) in [6.07, 6.45) is -2.90. The number of carboxylic acid groups (broad SMARTS) is 1. The number of aliphatic hydroxyl groups excluding tert-OH is 2. The zero-order valence-electron chi connectivity index (χ0n) is 31.0. The second-order valence-electron chi connectivity index (χ2n) is 13.2. The van der Waals surface area contributed by atoms with Crippen molar-refractivity contribution in [3.8, 4) is 0 Å². The number of fused-ring (bicyclic) bond motifs is 2. The van der Waals surface area contributed by atoms with Crippen LogP contribution >= 0.6 is 0 Å². The molecule has 0 saturated carbocycles. The minimum atomic E-state index is -1.44. The van der Waals surface area contributed by atoms with Crippen molar-refractivity contribution < 1.29 is 97.4 Å². The van der Waals surface area contributed by atoms with Crippen molar-refractivity contribution in [2.45, 2.75) is 71.1 Å².